The molecule has 0 aromatic carbocycles. The van der Waals surface area contributed by atoms with Crippen molar-refractivity contribution in [2.75, 3.05) is 52.9 Å². The molecule has 3 heterocycles. The van der Waals surface area contributed by atoms with Gasteiger partial charge in [-0.15, -0.1) is 0 Å². The van der Waals surface area contributed by atoms with Crippen LogP contribution < -0.4 is 0 Å². The van der Waals surface area contributed by atoms with Crippen LogP contribution in [0.25, 0.3) is 0 Å². The first-order valence-corrected chi connectivity index (χ1v) is 12.9. The molecule has 0 radical (unpaired) electrons. The summed E-state index contributed by atoms with van der Waals surface area (Å²) in [4.78, 5) is 32.1. The summed E-state index contributed by atoms with van der Waals surface area (Å²) >= 11 is 0. The number of carboxylic acid groups (broad SMARTS) is 1. The average molecular weight is 451 g/mol. The van der Waals surface area contributed by atoms with Crippen LogP contribution in [-0.4, -0.2) is 108 Å². The van der Waals surface area contributed by atoms with Crippen LogP contribution in [0.2, 0.25) is 0 Å². The SMILES string of the molecule is CN1C(=O)OC(N2CCN(CCCC(=O)O)CC2)C1CCCCC1CCN(C2CC2)CC1. The van der Waals surface area contributed by atoms with Crippen LogP contribution in [0.1, 0.15) is 64.2 Å². The number of carbonyl (C=O) groups is 2. The minimum Gasteiger partial charge on any atom is -0.481 e. The molecule has 1 saturated carbocycles. The molecule has 0 aromatic rings. The average Bonchev–Trinajstić information content (AvgIpc) is 3.60. The monoisotopic (exact) mass is 450 g/mol. The van der Waals surface area contributed by atoms with Crippen molar-refractivity contribution >= 4 is 12.1 Å². The Labute approximate surface area is 192 Å². The highest BCUT2D eigenvalue weighted by molar-refractivity contribution is 5.70. The van der Waals surface area contributed by atoms with Gasteiger partial charge in [-0.25, -0.2) is 4.79 Å². The molecule has 0 spiro atoms. The molecule has 4 aliphatic rings. The number of piperazine rings is 1. The summed E-state index contributed by atoms with van der Waals surface area (Å²) in [6, 6.07) is 1.05. The number of amides is 1. The zero-order chi connectivity index (χ0) is 22.5. The molecular formula is C24H42N4O4. The van der Waals surface area contributed by atoms with Crippen LogP contribution in [0.5, 0.6) is 0 Å². The number of aliphatic carboxylic acids is 1. The largest absolute Gasteiger partial charge is 0.481 e. The molecule has 3 saturated heterocycles. The number of carbonyl (C=O) groups excluding carboxylic acids is 1. The first-order chi connectivity index (χ1) is 15.5. The lowest BCUT2D eigenvalue weighted by Gasteiger charge is -2.38. The van der Waals surface area contributed by atoms with E-state index < -0.39 is 5.97 Å². The molecular weight excluding hydrogens is 408 g/mol. The molecule has 2 unspecified atom stereocenters. The van der Waals surface area contributed by atoms with E-state index in [-0.39, 0.29) is 24.8 Å². The molecule has 3 aliphatic heterocycles. The van der Waals surface area contributed by atoms with Crippen LogP contribution in [0, 0.1) is 5.92 Å². The standard InChI is InChI=1S/C24H42N4O4/c1-25-21(6-3-2-5-19-10-13-27(14-11-19)20-8-9-20)23(32-24(25)31)28-17-15-26(16-18-28)12-4-7-22(29)30/h19-21,23H,2-18H2,1H3,(H,29,30). The van der Waals surface area contributed by atoms with E-state index in [1.807, 2.05) is 7.05 Å². The number of ether oxygens (including phenoxy) is 1. The Morgan fingerprint density at radius 1 is 0.938 bits per heavy atom. The molecule has 0 aromatic heterocycles. The predicted octanol–water partition coefficient (Wildman–Crippen LogP) is 2.68. The molecule has 8 nitrogen and oxygen atoms in total. The number of likely N-dealkylation sites (N-methyl/N-ethyl adjacent to an activating group) is 1. The molecule has 2 atom stereocenters. The van der Waals surface area contributed by atoms with Gasteiger partial charge >= 0.3 is 12.1 Å². The smallest absolute Gasteiger partial charge is 0.411 e. The maximum atomic E-state index is 12.3. The maximum absolute atomic E-state index is 12.3. The Hall–Kier alpha value is -1.38. The minimum absolute atomic E-state index is 0.137. The number of likely N-dealkylation sites (tertiary alicyclic amines) is 1. The van der Waals surface area contributed by atoms with Gasteiger partial charge in [0.05, 0.1) is 6.04 Å². The normalized spacial score (nSPS) is 28.9. The van der Waals surface area contributed by atoms with E-state index in [2.05, 4.69) is 14.7 Å². The molecule has 1 aliphatic carbocycles. The third kappa shape index (κ3) is 6.35. The minimum atomic E-state index is -0.726. The van der Waals surface area contributed by atoms with Gasteiger partial charge in [0.2, 0.25) is 0 Å². The Bertz CT molecular complexity index is 627. The molecule has 1 N–H and O–H groups in total. The third-order valence-corrected chi connectivity index (χ3v) is 8.04. The fourth-order valence-corrected chi connectivity index (χ4v) is 5.77. The number of carboxylic acids is 1. The summed E-state index contributed by atoms with van der Waals surface area (Å²) in [7, 11) is 1.88. The fraction of sp³-hybridized carbons (Fsp3) is 0.917. The zero-order valence-electron chi connectivity index (χ0n) is 19.8. The Morgan fingerprint density at radius 3 is 2.28 bits per heavy atom. The van der Waals surface area contributed by atoms with Gasteiger partial charge in [0, 0.05) is 45.7 Å². The van der Waals surface area contributed by atoms with Crippen molar-refractivity contribution in [1.29, 1.82) is 0 Å². The van der Waals surface area contributed by atoms with E-state index in [1.165, 1.54) is 51.6 Å². The summed E-state index contributed by atoms with van der Waals surface area (Å²) < 4.78 is 5.77. The molecule has 4 rings (SSSR count). The van der Waals surface area contributed by atoms with Crippen molar-refractivity contribution in [3.63, 3.8) is 0 Å². The number of hydrogen-bond acceptors (Lipinski definition) is 6. The van der Waals surface area contributed by atoms with E-state index in [9.17, 15) is 9.59 Å². The van der Waals surface area contributed by atoms with Gasteiger partial charge in [-0.3, -0.25) is 9.69 Å². The summed E-state index contributed by atoms with van der Waals surface area (Å²) in [6.45, 7) is 6.98. The number of hydrogen-bond donors (Lipinski definition) is 1. The number of nitrogens with zero attached hydrogens (tertiary/aromatic N) is 4. The van der Waals surface area contributed by atoms with E-state index in [0.717, 1.165) is 57.5 Å². The second-order valence-electron chi connectivity index (χ2n) is 10.3. The highest BCUT2D eigenvalue weighted by Gasteiger charge is 2.43. The van der Waals surface area contributed by atoms with Crippen molar-refractivity contribution < 1.29 is 19.4 Å². The fourth-order valence-electron chi connectivity index (χ4n) is 5.77. The van der Waals surface area contributed by atoms with Gasteiger partial charge in [0.25, 0.3) is 0 Å². The summed E-state index contributed by atoms with van der Waals surface area (Å²) in [5.74, 6) is 0.158. The lowest BCUT2D eigenvalue weighted by Crippen LogP contribution is -2.54. The van der Waals surface area contributed by atoms with Crippen molar-refractivity contribution in [2.45, 2.75) is 82.5 Å². The van der Waals surface area contributed by atoms with Gasteiger partial charge in [0.15, 0.2) is 6.23 Å². The molecule has 182 valence electrons. The lowest BCUT2D eigenvalue weighted by atomic mass is 9.90. The second kappa shape index (κ2) is 11.2. The first kappa shape index (κ1) is 23.8. The second-order valence-corrected chi connectivity index (χ2v) is 10.3. The van der Waals surface area contributed by atoms with E-state index in [4.69, 9.17) is 9.84 Å². The van der Waals surface area contributed by atoms with Crippen LogP contribution >= 0.6 is 0 Å². The summed E-state index contributed by atoms with van der Waals surface area (Å²) in [5, 5.41) is 8.82. The molecule has 1 amide bonds. The Kier molecular flexibility index (Phi) is 8.29. The number of cyclic esters (lactones) is 1. The van der Waals surface area contributed by atoms with Crippen molar-refractivity contribution in [3.8, 4) is 0 Å². The van der Waals surface area contributed by atoms with Crippen LogP contribution in [0.3, 0.4) is 0 Å². The van der Waals surface area contributed by atoms with Crippen LogP contribution in [-0.2, 0) is 9.53 Å². The van der Waals surface area contributed by atoms with Gasteiger partial charge < -0.3 is 24.5 Å². The number of rotatable bonds is 11. The zero-order valence-corrected chi connectivity index (χ0v) is 19.8. The topological polar surface area (TPSA) is 76.6 Å². The lowest BCUT2D eigenvalue weighted by molar-refractivity contribution is -0.137. The molecule has 32 heavy (non-hydrogen) atoms. The Balaban J connectivity index is 1.15. The van der Waals surface area contributed by atoms with E-state index in [1.54, 1.807) is 4.90 Å². The number of piperidine rings is 1. The summed E-state index contributed by atoms with van der Waals surface area (Å²) in [6.07, 6.45) is 10.9. The van der Waals surface area contributed by atoms with Gasteiger partial charge in [-0.2, -0.15) is 0 Å². The van der Waals surface area contributed by atoms with Crippen LogP contribution in [0.15, 0.2) is 0 Å². The van der Waals surface area contributed by atoms with Crippen molar-refractivity contribution in [3.05, 3.63) is 0 Å². The van der Waals surface area contributed by atoms with Gasteiger partial charge in [-0.05, 0) is 64.1 Å². The van der Waals surface area contributed by atoms with Gasteiger partial charge in [0.1, 0.15) is 0 Å². The summed E-state index contributed by atoms with van der Waals surface area (Å²) in [5.41, 5.74) is 0. The van der Waals surface area contributed by atoms with Gasteiger partial charge in [-0.1, -0.05) is 19.3 Å². The molecule has 8 heteroatoms. The quantitative estimate of drug-likeness (QED) is 0.485. The highest BCUT2D eigenvalue weighted by Crippen LogP contribution is 2.33. The van der Waals surface area contributed by atoms with Crippen molar-refractivity contribution in [1.82, 2.24) is 19.6 Å². The predicted molar refractivity (Wildman–Crippen MR) is 122 cm³/mol. The van der Waals surface area contributed by atoms with Crippen molar-refractivity contribution in [2.24, 2.45) is 5.92 Å². The third-order valence-electron chi connectivity index (χ3n) is 8.04. The number of unbranched alkanes of at least 4 members (excludes halogenated alkanes) is 1. The highest BCUT2D eigenvalue weighted by atomic mass is 16.6. The Morgan fingerprint density at radius 2 is 1.62 bits per heavy atom. The molecule has 0 bridgehead atoms. The van der Waals surface area contributed by atoms with Crippen LogP contribution in [0.4, 0.5) is 4.79 Å². The maximum Gasteiger partial charge on any atom is 0.411 e. The van der Waals surface area contributed by atoms with E-state index >= 15 is 0 Å². The van der Waals surface area contributed by atoms with E-state index in [0.29, 0.717) is 6.42 Å². The molecule has 4 fully saturated rings. The first-order valence-electron chi connectivity index (χ1n) is 12.9.